The lowest BCUT2D eigenvalue weighted by Gasteiger charge is -2.06. The van der Waals surface area contributed by atoms with Gasteiger partial charge in [0.1, 0.15) is 5.01 Å². The Balaban J connectivity index is 1.75. The molecule has 0 aliphatic heterocycles. The molecular weight excluding hydrogens is 260 g/mol. The standard InChI is InChI=1S/C14H12N2S2/c1-2-12(14-15-5-7-18-14)8-13(3-1)16-9-11-4-6-17-10-11/h1-8,10,16H,9H2. The summed E-state index contributed by atoms with van der Waals surface area (Å²) in [5.74, 6) is 0. The van der Waals surface area contributed by atoms with Crippen molar-refractivity contribution in [2.45, 2.75) is 6.54 Å². The van der Waals surface area contributed by atoms with Crippen LogP contribution in [-0.2, 0) is 6.54 Å². The normalized spacial score (nSPS) is 10.4. The Morgan fingerprint density at radius 3 is 2.94 bits per heavy atom. The van der Waals surface area contributed by atoms with Crippen LogP contribution in [0.5, 0.6) is 0 Å². The predicted molar refractivity (Wildman–Crippen MR) is 79.2 cm³/mol. The van der Waals surface area contributed by atoms with Gasteiger partial charge in [0.15, 0.2) is 0 Å². The maximum atomic E-state index is 4.33. The Morgan fingerprint density at radius 2 is 2.17 bits per heavy atom. The SMILES string of the molecule is c1cc(NCc2ccsc2)cc(-c2nccs2)c1. The van der Waals surface area contributed by atoms with Crippen molar-refractivity contribution >= 4 is 28.4 Å². The third-order valence-electron chi connectivity index (χ3n) is 2.62. The Kier molecular flexibility index (Phi) is 3.39. The zero-order valence-electron chi connectivity index (χ0n) is 9.67. The lowest BCUT2D eigenvalue weighted by Crippen LogP contribution is -1.97. The number of hydrogen-bond acceptors (Lipinski definition) is 4. The molecule has 2 nitrogen and oxygen atoms in total. The van der Waals surface area contributed by atoms with Gasteiger partial charge in [-0.25, -0.2) is 4.98 Å². The van der Waals surface area contributed by atoms with Crippen molar-refractivity contribution in [3.63, 3.8) is 0 Å². The quantitative estimate of drug-likeness (QED) is 0.757. The summed E-state index contributed by atoms with van der Waals surface area (Å²) in [5, 5.41) is 10.8. The van der Waals surface area contributed by atoms with Gasteiger partial charge < -0.3 is 5.32 Å². The van der Waals surface area contributed by atoms with E-state index in [4.69, 9.17) is 0 Å². The lowest BCUT2D eigenvalue weighted by molar-refractivity contribution is 1.16. The summed E-state index contributed by atoms with van der Waals surface area (Å²) in [6.45, 7) is 0.866. The van der Waals surface area contributed by atoms with Crippen molar-refractivity contribution in [1.82, 2.24) is 4.98 Å². The molecule has 18 heavy (non-hydrogen) atoms. The van der Waals surface area contributed by atoms with E-state index in [0.29, 0.717) is 0 Å². The molecule has 0 saturated heterocycles. The van der Waals surface area contributed by atoms with E-state index in [9.17, 15) is 0 Å². The van der Waals surface area contributed by atoms with Gasteiger partial charge in [-0.2, -0.15) is 11.3 Å². The number of hydrogen-bond donors (Lipinski definition) is 1. The summed E-state index contributed by atoms with van der Waals surface area (Å²) in [7, 11) is 0. The second-order valence-electron chi connectivity index (χ2n) is 3.90. The number of aromatic nitrogens is 1. The van der Waals surface area contributed by atoms with Crippen molar-refractivity contribution in [2.24, 2.45) is 0 Å². The van der Waals surface area contributed by atoms with Crippen molar-refractivity contribution in [2.75, 3.05) is 5.32 Å². The number of thiophene rings is 1. The number of thiazole rings is 1. The van der Waals surface area contributed by atoms with Crippen LogP contribution < -0.4 is 5.32 Å². The molecule has 0 saturated carbocycles. The van der Waals surface area contributed by atoms with Gasteiger partial charge in [0.05, 0.1) is 0 Å². The van der Waals surface area contributed by atoms with Crippen LogP contribution in [0.3, 0.4) is 0 Å². The van der Waals surface area contributed by atoms with Gasteiger partial charge in [0.25, 0.3) is 0 Å². The Morgan fingerprint density at radius 1 is 1.17 bits per heavy atom. The second kappa shape index (κ2) is 5.33. The third kappa shape index (κ3) is 2.60. The van der Waals surface area contributed by atoms with Gasteiger partial charge >= 0.3 is 0 Å². The average Bonchev–Trinajstić information content (AvgIpc) is 3.10. The highest BCUT2D eigenvalue weighted by molar-refractivity contribution is 7.13. The molecule has 0 atom stereocenters. The monoisotopic (exact) mass is 272 g/mol. The maximum Gasteiger partial charge on any atom is 0.123 e. The summed E-state index contributed by atoms with van der Waals surface area (Å²) in [4.78, 5) is 4.33. The molecule has 0 spiro atoms. The molecule has 1 N–H and O–H groups in total. The van der Waals surface area contributed by atoms with E-state index < -0.39 is 0 Å². The first-order valence-electron chi connectivity index (χ1n) is 5.67. The van der Waals surface area contributed by atoms with Crippen molar-refractivity contribution in [3.8, 4) is 10.6 Å². The summed E-state index contributed by atoms with van der Waals surface area (Å²) in [5.41, 5.74) is 3.62. The molecule has 4 heteroatoms. The first kappa shape index (κ1) is 11.4. The van der Waals surface area contributed by atoms with E-state index in [1.165, 1.54) is 11.1 Å². The van der Waals surface area contributed by atoms with E-state index in [1.54, 1.807) is 22.7 Å². The molecule has 0 aliphatic carbocycles. The van der Waals surface area contributed by atoms with E-state index in [-0.39, 0.29) is 0 Å². The fraction of sp³-hybridized carbons (Fsp3) is 0.0714. The van der Waals surface area contributed by atoms with Crippen LogP contribution in [0.1, 0.15) is 5.56 Å². The number of rotatable bonds is 4. The molecule has 0 unspecified atom stereocenters. The molecule has 3 aromatic rings. The van der Waals surface area contributed by atoms with Crippen LogP contribution in [0.2, 0.25) is 0 Å². The van der Waals surface area contributed by atoms with Crippen LogP contribution >= 0.6 is 22.7 Å². The van der Waals surface area contributed by atoms with Crippen molar-refractivity contribution < 1.29 is 0 Å². The number of anilines is 1. The fourth-order valence-electron chi connectivity index (χ4n) is 1.73. The molecule has 0 amide bonds. The molecule has 2 heterocycles. The molecule has 90 valence electrons. The Hall–Kier alpha value is -1.65. The van der Waals surface area contributed by atoms with Crippen LogP contribution in [0.4, 0.5) is 5.69 Å². The summed E-state index contributed by atoms with van der Waals surface area (Å²) >= 11 is 3.39. The van der Waals surface area contributed by atoms with Crippen LogP contribution in [-0.4, -0.2) is 4.98 Å². The molecule has 0 fully saturated rings. The highest BCUT2D eigenvalue weighted by Gasteiger charge is 2.01. The Bertz CT molecular complexity index is 601. The van der Waals surface area contributed by atoms with Crippen LogP contribution in [0, 0.1) is 0 Å². The third-order valence-corrected chi connectivity index (χ3v) is 4.17. The van der Waals surface area contributed by atoms with Crippen molar-refractivity contribution in [3.05, 3.63) is 58.2 Å². The molecule has 2 aromatic heterocycles. The van der Waals surface area contributed by atoms with Gasteiger partial charge in [-0.1, -0.05) is 12.1 Å². The molecule has 0 bridgehead atoms. The molecule has 1 aromatic carbocycles. The number of nitrogens with zero attached hydrogens (tertiary/aromatic N) is 1. The predicted octanol–water partition coefficient (Wildman–Crippen LogP) is 4.48. The topological polar surface area (TPSA) is 24.9 Å². The second-order valence-corrected chi connectivity index (χ2v) is 5.58. The molecule has 3 rings (SSSR count). The van der Waals surface area contributed by atoms with Gasteiger partial charge in [-0.15, -0.1) is 11.3 Å². The highest BCUT2D eigenvalue weighted by atomic mass is 32.1. The minimum Gasteiger partial charge on any atom is -0.381 e. The number of nitrogens with one attached hydrogen (secondary N) is 1. The molecule has 0 aliphatic rings. The Labute approximate surface area is 114 Å². The average molecular weight is 272 g/mol. The van der Waals surface area contributed by atoms with Crippen molar-refractivity contribution in [1.29, 1.82) is 0 Å². The zero-order chi connectivity index (χ0) is 12.2. The molecular formula is C14H12N2S2. The minimum absolute atomic E-state index is 0.866. The zero-order valence-corrected chi connectivity index (χ0v) is 11.3. The first-order valence-corrected chi connectivity index (χ1v) is 7.49. The van der Waals surface area contributed by atoms with Crippen LogP contribution in [0.15, 0.2) is 52.7 Å². The minimum atomic E-state index is 0.866. The highest BCUT2D eigenvalue weighted by Crippen LogP contribution is 2.24. The summed E-state index contributed by atoms with van der Waals surface area (Å²) in [6.07, 6.45) is 1.84. The maximum absolute atomic E-state index is 4.33. The van der Waals surface area contributed by atoms with E-state index in [2.05, 4.69) is 51.4 Å². The van der Waals surface area contributed by atoms with E-state index in [1.807, 2.05) is 11.6 Å². The van der Waals surface area contributed by atoms with E-state index in [0.717, 1.165) is 17.2 Å². The summed E-state index contributed by atoms with van der Waals surface area (Å²) in [6, 6.07) is 10.5. The lowest BCUT2D eigenvalue weighted by atomic mass is 10.2. The number of benzene rings is 1. The van der Waals surface area contributed by atoms with Gasteiger partial charge in [-0.05, 0) is 34.5 Å². The van der Waals surface area contributed by atoms with Gasteiger partial charge in [0.2, 0.25) is 0 Å². The van der Waals surface area contributed by atoms with Gasteiger partial charge in [0, 0.05) is 29.4 Å². The largest absolute Gasteiger partial charge is 0.381 e. The smallest absolute Gasteiger partial charge is 0.123 e. The van der Waals surface area contributed by atoms with Gasteiger partial charge in [-0.3, -0.25) is 0 Å². The van der Waals surface area contributed by atoms with Crippen LogP contribution in [0.25, 0.3) is 10.6 Å². The fourth-order valence-corrected chi connectivity index (χ4v) is 3.03. The molecule has 0 radical (unpaired) electrons. The first-order chi connectivity index (χ1) is 8.92. The van der Waals surface area contributed by atoms with E-state index >= 15 is 0 Å². The summed E-state index contributed by atoms with van der Waals surface area (Å²) < 4.78 is 0.